The van der Waals surface area contributed by atoms with Gasteiger partial charge < -0.3 is 0 Å². The normalized spacial score (nSPS) is 26.6. The maximum atomic E-state index is 12.2. The van der Waals surface area contributed by atoms with Crippen molar-refractivity contribution in [2.75, 3.05) is 12.3 Å². The van der Waals surface area contributed by atoms with Gasteiger partial charge in [0.15, 0.2) is 0 Å². The Hall–Kier alpha value is -0.991. The zero-order valence-electron chi connectivity index (χ0n) is 18.3. The first-order valence-corrected chi connectivity index (χ1v) is 18.2. The summed E-state index contributed by atoms with van der Waals surface area (Å²) in [6, 6.07) is 0. The molecule has 0 aromatic carbocycles. The number of primary amides is 1. The first kappa shape index (κ1) is 24.1. The van der Waals surface area contributed by atoms with Crippen LogP contribution in [0.3, 0.4) is 0 Å². The molecule has 12 heteroatoms. The average molecular weight is 619 g/mol. The van der Waals surface area contributed by atoms with Crippen LogP contribution in [0.15, 0.2) is 10.9 Å². The molecule has 32 heavy (non-hydrogen) atoms. The summed E-state index contributed by atoms with van der Waals surface area (Å²) in [4.78, 5) is 20.6. The number of rotatable bonds is 9. The van der Waals surface area contributed by atoms with Gasteiger partial charge in [0.05, 0.1) is 0 Å². The standard InChI is InChI=1S/C12H12BrN5O5.2C4H9.Sn/c13-8-4(10(15)22)5-9(14)16-2-17-11(5)18(8)12-7(21)6(20)3(1-19)23-12;2*1-3-4-2;/h2-3,6-7,12,19H,1H2,(H2,15,22)(H2,14,16,17);2*1,3-4H2,2H3;/q-2;;;+2/t3-,6+,7+,12+;;;/m0.../s1. The van der Waals surface area contributed by atoms with Gasteiger partial charge in [-0.3, -0.25) is 0 Å². The zero-order valence-corrected chi connectivity index (χ0v) is 22.7. The van der Waals surface area contributed by atoms with Gasteiger partial charge in [-0.05, 0) is 0 Å². The molecule has 0 radical (unpaired) electrons. The average Bonchev–Trinajstić information content (AvgIpc) is 3.39. The van der Waals surface area contributed by atoms with Gasteiger partial charge in [0, 0.05) is 0 Å². The summed E-state index contributed by atoms with van der Waals surface area (Å²) in [6.45, 7) is 4.13. The quantitative estimate of drug-likeness (QED) is 0.363. The summed E-state index contributed by atoms with van der Waals surface area (Å²) in [7, 11) is 0. The number of nitrogens with two attached hydrogens (primary N) is 2. The van der Waals surface area contributed by atoms with Crippen LogP contribution in [0.2, 0.25) is 8.87 Å². The number of amides is 1. The molecule has 5 N–H and O–H groups in total. The Morgan fingerprint density at radius 1 is 1.22 bits per heavy atom. The molecule has 2 aliphatic rings. The van der Waals surface area contributed by atoms with Gasteiger partial charge in [-0.2, -0.15) is 0 Å². The van der Waals surface area contributed by atoms with Crippen LogP contribution in [-0.2, 0) is 10.9 Å². The fourth-order valence-corrected chi connectivity index (χ4v) is 17.1. The number of hydrogen-bond donors (Lipinski definition) is 3. The molecule has 2 saturated heterocycles. The molecule has 0 spiro atoms. The summed E-state index contributed by atoms with van der Waals surface area (Å²) in [5.74, 6) is -0.502. The second-order valence-electron chi connectivity index (χ2n) is 8.39. The molecule has 10 nitrogen and oxygen atoms in total. The van der Waals surface area contributed by atoms with Gasteiger partial charge >= 0.3 is 201 Å². The summed E-state index contributed by atoms with van der Waals surface area (Å²) in [5, 5.41) is 10.4. The van der Waals surface area contributed by atoms with Crippen molar-refractivity contribution in [1.82, 2.24) is 14.5 Å². The topological polar surface area (TPSA) is 148 Å². The SMILES string of the molecule is CCC[CH2][Sn]1([CH2]CCC)[O][C@@H]2[C@H]([O]1)[C@H](CO)O[C@H]2n1c(Br)c(C(N)=O)c2c(N)ncnc21. The Morgan fingerprint density at radius 3 is 2.47 bits per heavy atom. The molecule has 0 unspecified atom stereocenters. The molecule has 176 valence electrons. The van der Waals surface area contributed by atoms with E-state index in [1.54, 1.807) is 4.57 Å². The third-order valence-electron chi connectivity index (χ3n) is 6.24. The molecule has 0 bridgehead atoms. The van der Waals surface area contributed by atoms with Gasteiger partial charge in [-0.15, -0.1) is 0 Å². The molecule has 0 aliphatic carbocycles. The Kier molecular flexibility index (Phi) is 7.32. The number of carbonyl (C=O) groups is 1. The van der Waals surface area contributed by atoms with Crippen LogP contribution in [-0.4, -0.2) is 69.7 Å². The summed E-state index contributed by atoms with van der Waals surface area (Å²) < 4.78 is 23.8. The third-order valence-corrected chi connectivity index (χ3v) is 17.4. The number of anilines is 1. The molecule has 2 aromatic rings. The fraction of sp³-hybridized carbons (Fsp3) is 0.650. The maximum absolute atomic E-state index is 12.2. The van der Waals surface area contributed by atoms with E-state index < -0.39 is 43.5 Å². The molecular weight excluding hydrogens is 589 g/mol. The van der Waals surface area contributed by atoms with Crippen molar-refractivity contribution in [1.29, 1.82) is 0 Å². The summed E-state index contributed by atoms with van der Waals surface area (Å²) >= 11 is 0.128. The summed E-state index contributed by atoms with van der Waals surface area (Å²) in [5.41, 5.74) is 12.3. The number of nitrogen functional groups attached to an aromatic ring is 1. The van der Waals surface area contributed by atoms with Crippen LogP contribution in [0.1, 0.15) is 56.1 Å². The summed E-state index contributed by atoms with van der Waals surface area (Å²) in [6.07, 6.45) is 3.62. The third kappa shape index (κ3) is 4.04. The Balaban J connectivity index is 1.79. The molecule has 4 rings (SSSR count). The minimum absolute atomic E-state index is 0.152. The molecule has 2 fully saturated rings. The number of halogens is 1. The van der Waals surface area contributed by atoms with Crippen molar-refractivity contribution in [2.24, 2.45) is 5.73 Å². The number of aromatic nitrogens is 3. The van der Waals surface area contributed by atoms with Crippen molar-refractivity contribution in [2.45, 2.75) is 72.9 Å². The van der Waals surface area contributed by atoms with Gasteiger partial charge in [0.1, 0.15) is 0 Å². The Morgan fingerprint density at radius 2 is 1.88 bits per heavy atom. The molecule has 4 atom stereocenters. The number of aliphatic hydroxyl groups excluding tert-OH is 1. The monoisotopic (exact) mass is 619 g/mol. The molecule has 0 saturated carbocycles. The van der Waals surface area contributed by atoms with E-state index in [1.165, 1.54) is 6.33 Å². The molecule has 1 amide bonds. The fourth-order valence-electron chi connectivity index (χ4n) is 4.69. The predicted molar refractivity (Wildman–Crippen MR) is 124 cm³/mol. The number of nitrogens with zero attached hydrogens (tertiary/aromatic N) is 3. The number of aliphatic hydroxyl groups is 1. The molecule has 2 aliphatic heterocycles. The second-order valence-corrected chi connectivity index (χ2v) is 18.5. The van der Waals surface area contributed by atoms with Crippen molar-refractivity contribution in [3.8, 4) is 0 Å². The number of hydrogen-bond acceptors (Lipinski definition) is 8. The Labute approximate surface area is 200 Å². The van der Waals surface area contributed by atoms with Crippen LogP contribution in [0.25, 0.3) is 11.0 Å². The molecular formula is C20H30BrN5O5Sn. The predicted octanol–water partition coefficient (Wildman–Crippen LogP) is 2.59. The molecule has 2 aromatic heterocycles. The first-order chi connectivity index (χ1) is 15.4. The van der Waals surface area contributed by atoms with Crippen molar-refractivity contribution < 1.29 is 20.8 Å². The van der Waals surface area contributed by atoms with Gasteiger partial charge in [-0.25, -0.2) is 0 Å². The van der Waals surface area contributed by atoms with Crippen LogP contribution < -0.4 is 11.5 Å². The van der Waals surface area contributed by atoms with Crippen molar-refractivity contribution in [3.63, 3.8) is 0 Å². The van der Waals surface area contributed by atoms with Crippen LogP contribution in [0.5, 0.6) is 0 Å². The first-order valence-electron chi connectivity index (χ1n) is 11.1. The van der Waals surface area contributed by atoms with Crippen LogP contribution in [0.4, 0.5) is 5.82 Å². The van der Waals surface area contributed by atoms with Gasteiger partial charge in [-0.1, -0.05) is 0 Å². The number of ether oxygens (including phenoxy) is 1. The van der Waals surface area contributed by atoms with Gasteiger partial charge in [0.25, 0.3) is 0 Å². The van der Waals surface area contributed by atoms with Crippen LogP contribution in [0, 0.1) is 0 Å². The van der Waals surface area contributed by atoms with E-state index in [-0.39, 0.29) is 24.1 Å². The van der Waals surface area contributed by atoms with Crippen LogP contribution >= 0.6 is 15.9 Å². The second kappa shape index (κ2) is 9.71. The van der Waals surface area contributed by atoms with E-state index in [0.29, 0.717) is 15.6 Å². The van der Waals surface area contributed by atoms with E-state index in [1.807, 2.05) is 0 Å². The van der Waals surface area contributed by atoms with E-state index in [2.05, 4.69) is 39.7 Å². The van der Waals surface area contributed by atoms with Gasteiger partial charge in [0.2, 0.25) is 0 Å². The Bertz CT molecular complexity index is 996. The van der Waals surface area contributed by atoms with E-state index in [4.69, 9.17) is 22.4 Å². The molecule has 4 heterocycles. The zero-order chi connectivity index (χ0) is 23.0. The van der Waals surface area contributed by atoms with E-state index in [9.17, 15) is 9.90 Å². The van der Waals surface area contributed by atoms with Crippen molar-refractivity contribution in [3.05, 3.63) is 16.5 Å². The number of fused-ring (bicyclic) bond motifs is 2. The van der Waals surface area contributed by atoms with Crippen molar-refractivity contribution >= 4 is 57.9 Å². The number of unbranched alkanes of at least 4 members (excludes halogenated alkanes) is 2. The minimum atomic E-state index is -3.38. The van der Waals surface area contributed by atoms with E-state index >= 15 is 0 Å². The number of carbonyl (C=O) groups excluding carboxylic acids is 1. The van der Waals surface area contributed by atoms with E-state index in [0.717, 1.165) is 34.6 Å².